The van der Waals surface area contributed by atoms with E-state index < -0.39 is 0 Å². The highest BCUT2D eigenvalue weighted by atomic mass is 35.5. The van der Waals surface area contributed by atoms with Gasteiger partial charge in [-0.05, 0) is 30.7 Å². The first-order chi connectivity index (χ1) is 9.97. The standard InChI is InChI=1S/C17H19ClN2O/c1-12-4-6-13(7-5-12)11-19-14-8-9-16(18)15(10-14)17(21)20(2)3/h4-10,19H,11H2,1-3H3. The number of hydrogen-bond acceptors (Lipinski definition) is 2. The maximum absolute atomic E-state index is 12.0. The highest BCUT2D eigenvalue weighted by Crippen LogP contribution is 2.22. The quantitative estimate of drug-likeness (QED) is 0.927. The minimum Gasteiger partial charge on any atom is -0.381 e. The van der Waals surface area contributed by atoms with Gasteiger partial charge in [0, 0.05) is 26.3 Å². The van der Waals surface area contributed by atoms with Crippen LogP contribution in [0.25, 0.3) is 0 Å². The van der Waals surface area contributed by atoms with E-state index in [2.05, 4.69) is 36.5 Å². The maximum Gasteiger partial charge on any atom is 0.254 e. The molecule has 0 aliphatic heterocycles. The van der Waals surface area contributed by atoms with Gasteiger partial charge in [0.05, 0.1) is 10.6 Å². The average Bonchev–Trinajstić information content (AvgIpc) is 2.47. The Morgan fingerprint density at radius 1 is 1.14 bits per heavy atom. The number of carbonyl (C=O) groups excluding carboxylic acids is 1. The van der Waals surface area contributed by atoms with E-state index in [-0.39, 0.29) is 5.91 Å². The Morgan fingerprint density at radius 2 is 1.81 bits per heavy atom. The molecule has 0 aromatic heterocycles. The molecule has 2 aromatic carbocycles. The SMILES string of the molecule is Cc1ccc(CNc2ccc(Cl)c(C(=O)N(C)C)c2)cc1. The van der Waals surface area contributed by atoms with Crippen LogP contribution in [-0.4, -0.2) is 24.9 Å². The predicted molar refractivity (Wildman–Crippen MR) is 88.0 cm³/mol. The molecule has 0 unspecified atom stereocenters. The molecule has 0 spiro atoms. The number of benzene rings is 2. The third-order valence-corrected chi connectivity index (χ3v) is 3.55. The fraction of sp³-hybridized carbons (Fsp3) is 0.235. The monoisotopic (exact) mass is 302 g/mol. The molecule has 1 amide bonds. The van der Waals surface area contributed by atoms with Crippen LogP contribution in [-0.2, 0) is 6.54 Å². The van der Waals surface area contributed by atoms with Gasteiger partial charge in [0.1, 0.15) is 0 Å². The Morgan fingerprint density at radius 3 is 2.43 bits per heavy atom. The third kappa shape index (κ3) is 3.99. The normalized spacial score (nSPS) is 10.3. The van der Waals surface area contributed by atoms with E-state index in [0.29, 0.717) is 17.1 Å². The first-order valence-electron chi connectivity index (χ1n) is 6.78. The molecule has 110 valence electrons. The van der Waals surface area contributed by atoms with Crippen LogP contribution in [0.5, 0.6) is 0 Å². The predicted octanol–water partition coefficient (Wildman–Crippen LogP) is 3.96. The van der Waals surface area contributed by atoms with E-state index in [1.165, 1.54) is 16.0 Å². The van der Waals surface area contributed by atoms with Crippen molar-refractivity contribution in [1.82, 2.24) is 4.90 Å². The molecule has 0 saturated heterocycles. The lowest BCUT2D eigenvalue weighted by molar-refractivity contribution is 0.0828. The lowest BCUT2D eigenvalue weighted by Crippen LogP contribution is -2.22. The highest BCUT2D eigenvalue weighted by Gasteiger charge is 2.12. The van der Waals surface area contributed by atoms with Gasteiger partial charge in [-0.15, -0.1) is 0 Å². The van der Waals surface area contributed by atoms with Gasteiger partial charge in [-0.2, -0.15) is 0 Å². The number of amides is 1. The van der Waals surface area contributed by atoms with Gasteiger partial charge in [0.25, 0.3) is 5.91 Å². The Hall–Kier alpha value is -2.00. The molecular formula is C17H19ClN2O. The number of nitrogens with one attached hydrogen (secondary N) is 1. The van der Waals surface area contributed by atoms with Crippen LogP contribution in [0.4, 0.5) is 5.69 Å². The zero-order valence-electron chi connectivity index (χ0n) is 12.5. The van der Waals surface area contributed by atoms with Crippen molar-refractivity contribution in [2.75, 3.05) is 19.4 Å². The number of aryl methyl sites for hydroxylation is 1. The van der Waals surface area contributed by atoms with E-state index in [1.54, 1.807) is 26.2 Å². The van der Waals surface area contributed by atoms with Crippen LogP contribution in [0.15, 0.2) is 42.5 Å². The van der Waals surface area contributed by atoms with Crippen LogP contribution >= 0.6 is 11.6 Å². The zero-order chi connectivity index (χ0) is 15.4. The Kier molecular flexibility index (Phi) is 4.86. The molecule has 0 bridgehead atoms. The second-order valence-electron chi connectivity index (χ2n) is 5.23. The molecule has 0 fully saturated rings. The molecule has 4 heteroatoms. The van der Waals surface area contributed by atoms with Crippen LogP contribution < -0.4 is 5.32 Å². The van der Waals surface area contributed by atoms with Crippen molar-refractivity contribution >= 4 is 23.2 Å². The second-order valence-corrected chi connectivity index (χ2v) is 5.64. The highest BCUT2D eigenvalue weighted by molar-refractivity contribution is 6.34. The Bertz CT molecular complexity index is 636. The lowest BCUT2D eigenvalue weighted by atomic mass is 10.1. The van der Waals surface area contributed by atoms with E-state index in [0.717, 1.165) is 5.69 Å². The molecule has 3 nitrogen and oxygen atoms in total. The number of halogens is 1. The molecule has 0 aliphatic carbocycles. The van der Waals surface area contributed by atoms with Gasteiger partial charge < -0.3 is 10.2 Å². The summed E-state index contributed by atoms with van der Waals surface area (Å²) >= 11 is 6.09. The summed E-state index contributed by atoms with van der Waals surface area (Å²) < 4.78 is 0. The van der Waals surface area contributed by atoms with Crippen LogP contribution in [0.1, 0.15) is 21.5 Å². The Labute approximate surface area is 130 Å². The average molecular weight is 303 g/mol. The van der Waals surface area contributed by atoms with Gasteiger partial charge >= 0.3 is 0 Å². The van der Waals surface area contributed by atoms with E-state index in [4.69, 9.17) is 11.6 Å². The van der Waals surface area contributed by atoms with E-state index in [9.17, 15) is 4.79 Å². The summed E-state index contributed by atoms with van der Waals surface area (Å²) in [6.07, 6.45) is 0. The van der Waals surface area contributed by atoms with Crippen molar-refractivity contribution in [3.8, 4) is 0 Å². The van der Waals surface area contributed by atoms with Gasteiger partial charge in [-0.25, -0.2) is 0 Å². The number of anilines is 1. The maximum atomic E-state index is 12.0. The summed E-state index contributed by atoms with van der Waals surface area (Å²) in [5.41, 5.74) is 3.82. The second kappa shape index (κ2) is 6.64. The first kappa shape index (κ1) is 15.4. The molecule has 2 rings (SSSR count). The summed E-state index contributed by atoms with van der Waals surface area (Å²) in [7, 11) is 3.43. The number of carbonyl (C=O) groups is 1. The molecule has 1 N–H and O–H groups in total. The topological polar surface area (TPSA) is 32.3 Å². The minimum absolute atomic E-state index is 0.0982. The summed E-state index contributed by atoms with van der Waals surface area (Å²) in [6.45, 7) is 2.77. The summed E-state index contributed by atoms with van der Waals surface area (Å²) in [6, 6.07) is 13.8. The molecule has 21 heavy (non-hydrogen) atoms. The van der Waals surface area contributed by atoms with Crippen molar-refractivity contribution < 1.29 is 4.79 Å². The molecule has 0 radical (unpaired) electrons. The summed E-state index contributed by atoms with van der Waals surface area (Å²) in [5.74, 6) is -0.0982. The van der Waals surface area contributed by atoms with Gasteiger partial charge in [-0.3, -0.25) is 4.79 Å². The molecule has 2 aromatic rings. The lowest BCUT2D eigenvalue weighted by Gasteiger charge is -2.13. The van der Waals surface area contributed by atoms with E-state index in [1.807, 2.05) is 6.07 Å². The number of hydrogen-bond donors (Lipinski definition) is 1. The van der Waals surface area contributed by atoms with Crippen molar-refractivity contribution in [2.45, 2.75) is 13.5 Å². The fourth-order valence-corrected chi connectivity index (χ4v) is 2.15. The largest absolute Gasteiger partial charge is 0.381 e. The van der Waals surface area contributed by atoms with Crippen LogP contribution in [0.2, 0.25) is 5.02 Å². The molecular weight excluding hydrogens is 284 g/mol. The van der Waals surface area contributed by atoms with Crippen molar-refractivity contribution in [3.63, 3.8) is 0 Å². The summed E-state index contributed by atoms with van der Waals surface area (Å²) in [5, 5.41) is 3.78. The van der Waals surface area contributed by atoms with E-state index >= 15 is 0 Å². The first-order valence-corrected chi connectivity index (χ1v) is 7.16. The van der Waals surface area contributed by atoms with Crippen LogP contribution in [0.3, 0.4) is 0 Å². The smallest absolute Gasteiger partial charge is 0.254 e. The molecule has 0 atom stereocenters. The van der Waals surface area contributed by atoms with Crippen LogP contribution in [0, 0.1) is 6.92 Å². The minimum atomic E-state index is -0.0982. The van der Waals surface area contributed by atoms with Crippen molar-refractivity contribution in [1.29, 1.82) is 0 Å². The number of nitrogens with zero attached hydrogens (tertiary/aromatic N) is 1. The van der Waals surface area contributed by atoms with Crippen molar-refractivity contribution in [3.05, 3.63) is 64.2 Å². The Balaban J connectivity index is 2.12. The summed E-state index contributed by atoms with van der Waals surface area (Å²) in [4.78, 5) is 13.6. The fourth-order valence-electron chi connectivity index (χ4n) is 1.95. The third-order valence-electron chi connectivity index (χ3n) is 3.22. The molecule has 0 saturated carbocycles. The van der Waals surface area contributed by atoms with Gasteiger partial charge in [0.15, 0.2) is 0 Å². The zero-order valence-corrected chi connectivity index (χ0v) is 13.2. The number of rotatable bonds is 4. The van der Waals surface area contributed by atoms with Gasteiger partial charge in [-0.1, -0.05) is 41.4 Å². The van der Waals surface area contributed by atoms with Gasteiger partial charge in [0.2, 0.25) is 0 Å². The molecule has 0 aliphatic rings. The molecule has 0 heterocycles. The van der Waals surface area contributed by atoms with Crippen molar-refractivity contribution in [2.24, 2.45) is 0 Å².